The first-order valence-electron chi connectivity index (χ1n) is 10.2. The molecule has 4 rings (SSSR count). The van der Waals surface area contributed by atoms with Gasteiger partial charge in [0.15, 0.2) is 0 Å². The fourth-order valence-electron chi connectivity index (χ4n) is 4.26. The van der Waals surface area contributed by atoms with Crippen molar-refractivity contribution in [1.29, 1.82) is 0 Å². The van der Waals surface area contributed by atoms with E-state index in [1.807, 2.05) is 0 Å². The van der Waals surface area contributed by atoms with Crippen LogP contribution in [0.25, 0.3) is 0 Å². The molecule has 1 amide bonds. The van der Waals surface area contributed by atoms with Gasteiger partial charge in [-0.1, -0.05) is 40.2 Å². The number of fused-ring (bicyclic) bond motifs is 1. The normalized spacial score (nSPS) is 17.9. The Morgan fingerprint density at radius 3 is 2.41 bits per heavy atom. The van der Waals surface area contributed by atoms with Crippen LogP contribution in [-0.2, 0) is 17.5 Å². The SMILES string of the molecule is COc1ccc2c(c1)C(C(=O)O)C(c1ccc(Br)cc1)N(Cc1cccc(C(F)(F)F)c1)C2=O. The lowest BCUT2D eigenvalue weighted by molar-refractivity contribution is -0.140. The minimum atomic E-state index is -4.54. The maximum atomic E-state index is 13.6. The van der Waals surface area contributed by atoms with Gasteiger partial charge in [-0.25, -0.2) is 0 Å². The number of rotatable bonds is 5. The predicted molar refractivity (Wildman–Crippen MR) is 122 cm³/mol. The van der Waals surface area contributed by atoms with E-state index in [-0.39, 0.29) is 17.7 Å². The molecular weight excluding hydrogens is 515 g/mol. The lowest BCUT2D eigenvalue weighted by atomic mass is 9.79. The summed E-state index contributed by atoms with van der Waals surface area (Å²) in [6.07, 6.45) is -4.54. The first-order chi connectivity index (χ1) is 16.1. The fraction of sp³-hybridized carbons (Fsp3) is 0.200. The number of benzene rings is 3. The Kier molecular flexibility index (Phi) is 6.40. The van der Waals surface area contributed by atoms with Gasteiger partial charge in [-0.15, -0.1) is 0 Å². The smallest absolute Gasteiger partial charge is 0.416 e. The summed E-state index contributed by atoms with van der Waals surface area (Å²) < 4.78 is 45.8. The zero-order chi connectivity index (χ0) is 24.6. The second kappa shape index (κ2) is 9.13. The van der Waals surface area contributed by atoms with Gasteiger partial charge >= 0.3 is 12.1 Å². The Labute approximate surface area is 201 Å². The van der Waals surface area contributed by atoms with Crippen LogP contribution in [0, 0.1) is 0 Å². The van der Waals surface area contributed by atoms with Gasteiger partial charge in [0.25, 0.3) is 5.91 Å². The summed E-state index contributed by atoms with van der Waals surface area (Å²) >= 11 is 3.35. The first-order valence-corrected chi connectivity index (χ1v) is 11.0. The topological polar surface area (TPSA) is 66.8 Å². The van der Waals surface area contributed by atoms with Gasteiger partial charge in [0, 0.05) is 16.6 Å². The van der Waals surface area contributed by atoms with Gasteiger partial charge in [-0.05, 0) is 59.2 Å². The maximum Gasteiger partial charge on any atom is 0.416 e. The molecule has 5 nitrogen and oxygen atoms in total. The molecule has 0 radical (unpaired) electrons. The number of carboxylic acid groups (broad SMARTS) is 1. The first kappa shape index (κ1) is 23.8. The highest BCUT2D eigenvalue weighted by Crippen LogP contribution is 2.45. The molecule has 0 saturated carbocycles. The summed E-state index contributed by atoms with van der Waals surface area (Å²) in [5, 5.41) is 10.2. The van der Waals surface area contributed by atoms with Crippen molar-refractivity contribution in [2.45, 2.75) is 24.7 Å². The Balaban J connectivity index is 1.88. The molecule has 176 valence electrons. The number of methoxy groups -OCH3 is 1. The Morgan fingerprint density at radius 2 is 1.79 bits per heavy atom. The zero-order valence-corrected chi connectivity index (χ0v) is 19.4. The van der Waals surface area contributed by atoms with Gasteiger partial charge in [0.1, 0.15) is 11.7 Å². The van der Waals surface area contributed by atoms with Crippen LogP contribution in [0.1, 0.15) is 44.6 Å². The van der Waals surface area contributed by atoms with Crippen LogP contribution in [0.4, 0.5) is 13.2 Å². The molecule has 1 heterocycles. The molecular formula is C25H19BrF3NO4. The second-order valence-electron chi connectivity index (χ2n) is 7.90. The number of aliphatic carboxylic acids is 1. The van der Waals surface area contributed by atoms with E-state index in [2.05, 4.69) is 15.9 Å². The van der Waals surface area contributed by atoms with E-state index in [4.69, 9.17) is 4.74 Å². The van der Waals surface area contributed by atoms with Crippen LogP contribution in [-0.4, -0.2) is 29.0 Å². The van der Waals surface area contributed by atoms with Crippen molar-refractivity contribution in [2.75, 3.05) is 7.11 Å². The summed E-state index contributed by atoms with van der Waals surface area (Å²) in [7, 11) is 1.44. The highest BCUT2D eigenvalue weighted by molar-refractivity contribution is 9.10. The quantitative estimate of drug-likeness (QED) is 0.434. The minimum absolute atomic E-state index is 0.175. The molecule has 1 aliphatic heterocycles. The Morgan fingerprint density at radius 1 is 1.09 bits per heavy atom. The third-order valence-corrected chi connectivity index (χ3v) is 6.35. The molecule has 2 unspecified atom stereocenters. The highest BCUT2D eigenvalue weighted by atomic mass is 79.9. The summed E-state index contributed by atoms with van der Waals surface area (Å²) in [5.41, 5.74) is 0.420. The standard InChI is InChI=1S/C25H19BrF3NO4/c1-34-18-9-10-19-20(12-18)21(24(32)33)22(15-5-7-17(26)8-6-15)30(23(19)31)13-14-3-2-4-16(11-14)25(27,28)29/h2-12,21-22H,13H2,1H3,(H,32,33). The maximum absolute atomic E-state index is 13.6. The van der Waals surface area contributed by atoms with Gasteiger partial charge in [0.2, 0.25) is 0 Å². The number of hydrogen-bond acceptors (Lipinski definition) is 3. The van der Waals surface area contributed by atoms with Crippen molar-refractivity contribution in [3.63, 3.8) is 0 Å². The largest absolute Gasteiger partial charge is 0.497 e. The molecule has 0 spiro atoms. The van der Waals surface area contributed by atoms with Gasteiger partial charge < -0.3 is 14.7 Å². The van der Waals surface area contributed by atoms with E-state index in [9.17, 15) is 27.9 Å². The lowest BCUT2D eigenvalue weighted by Crippen LogP contribution is -2.44. The summed E-state index contributed by atoms with van der Waals surface area (Å²) in [6.45, 7) is -0.196. The molecule has 2 atom stereocenters. The van der Waals surface area contributed by atoms with Crippen molar-refractivity contribution in [3.8, 4) is 5.75 Å². The number of carbonyl (C=O) groups excluding carboxylic acids is 1. The molecule has 34 heavy (non-hydrogen) atoms. The van der Waals surface area contributed by atoms with Crippen molar-refractivity contribution < 1.29 is 32.6 Å². The molecule has 1 aliphatic rings. The molecule has 1 N–H and O–H groups in total. The van der Waals surface area contributed by atoms with Crippen molar-refractivity contribution in [2.24, 2.45) is 0 Å². The number of hydrogen-bond donors (Lipinski definition) is 1. The van der Waals surface area contributed by atoms with E-state index in [0.717, 1.165) is 16.6 Å². The van der Waals surface area contributed by atoms with Crippen LogP contribution in [0.2, 0.25) is 0 Å². The second-order valence-corrected chi connectivity index (χ2v) is 8.81. The van der Waals surface area contributed by atoms with E-state index in [0.29, 0.717) is 16.9 Å². The van der Waals surface area contributed by atoms with E-state index < -0.39 is 35.6 Å². The van der Waals surface area contributed by atoms with E-state index in [1.54, 1.807) is 30.3 Å². The number of nitrogens with zero attached hydrogens (tertiary/aromatic N) is 1. The predicted octanol–water partition coefficient (Wildman–Crippen LogP) is 6.04. The number of carboxylic acids is 1. The van der Waals surface area contributed by atoms with Crippen molar-refractivity contribution >= 4 is 27.8 Å². The van der Waals surface area contributed by atoms with Gasteiger partial charge in [-0.2, -0.15) is 13.2 Å². The van der Waals surface area contributed by atoms with Crippen LogP contribution in [0.15, 0.2) is 71.2 Å². The van der Waals surface area contributed by atoms with E-state index in [1.165, 1.54) is 36.3 Å². The van der Waals surface area contributed by atoms with Crippen LogP contribution in [0.5, 0.6) is 5.75 Å². The number of alkyl halides is 3. The molecule has 0 fully saturated rings. The van der Waals surface area contributed by atoms with Crippen LogP contribution >= 0.6 is 15.9 Å². The third kappa shape index (κ3) is 4.52. The Bertz CT molecular complexity index is 1240. The zero-order valence-electron chi connectivity index (χ0n) is 17.8. The summed E-state index contributed by atoms with van der Waals surface area (Å²) in [5.74, 6) is -2.39. The van der Waals surface area contributed by atoms with Crippen molar-refractivity contribution in [3.05, 3.63) is 99.0 Å². The monoisotopic (exact) mass is 533 g/mol. The van der Waals surface area contributed by atoms with Crippen LogP contribution in [0.3, 0.4) is 0 Å². The molecule has 0 aliphatic carbocycles. The lowest BCUT2D eigenvalue weighted by Gasteiger charge is -2.41. The van der Waals surface area contributed by atoms with Crippen molar-refractivity contribution in [1.82, 2.24) is 4.90 Å². The average Bonchev–Trinajstić information content (AvgIpc) is 2.80. The number of carbonyl (C=O) groups is 2. The van der Waals surface area contributed by atoms with Gasteiger partial charge in [-0.3, -0.25) is 9.59 Å². The molecule has 3 aromatic rings. The minimum Gasteiger partial charge on any atom is -0.497 e. The molecule has 0 bridgehead atoms. The van der Waals surface area contributed by atoms with Gasteiger partial charge in [0.05, 0.1) is 18.7 Å². The fourth-order valence-corrected chi connectivity index (χ4v) is 4.53. The molecule has 3 aromatic carbocycles. The molecule has 9 heteroatoms. The van der Waals surface area contributed by atoms with E-state index >= 15 is 0 Å². The number of halogens is 4. The number of ether oxygens (including phenoxy) is 1. The highest BCUT2D eigenvalue weighted by Gasteiger charge is 2.44. The number of amides is 1. The van der Waals surface area contributed by atoms with Crippen LogP contribution < -0.4 is 4.74 Å². The summed E-state index contributed by atoms with van der Waals surface area (Å²) in [4.78, 5) is 27.4. The Hall–Kier alpha value is -3.33. The molecule has 0 saturated heterocycles. The third-order valence-electron chi connectivity index (χ3n) is 5.82. The molecule has 0 aromatic heterocycles. The summed E-state index contributed by atoms with van der Waals surface area (Å²) in [6, 6.07) is 15.2. The average molecular weight is 534 g/mol.